The van der Waals surface area contributed by atoms with Crippen LogP contribution < -0.4 is 9.47 Å². The van der Waals surface area contributed by atoms with Crippen LogP contribution in [0, 0.1) is 6.92 Å². The van der Waals surface area contributed by atoms with Crippen molar-refractivity contribution in [3.8, 4) is 33.5 Å². The minimum absolute atomic E-state index is 0.625. The first-order chi connectivity index (χ1) is 12.7. The van der Waals surface area contributed by atoms with Crippen LogP contribution in [0.4, 0.5) is 0 Å². The Balaban J connectivity index is 1.83. The standard InChI is InChI=1S/C17H17N5O3S/c1-5-11-14(9(2)25-21-11)16-20-22-15(18-19-17(22)26-16)10-6-7-12(23-3)13(8-10)24-4/h6-8H,5H2,1-4H3. The zero-order chi connectivity index (χ0) is 18.3. The summed E-state index contributed by atoms with van der Waals surface area (Å²) in [5.74, 6) is 2.67. The van der Waals surface area contributed by atoms with Crippen molar-refractivity contribution < 1.29 is 14.0 Å². The largest absolute Gasteiger partial charge is 0.493 e. The van der Waals surface area contributed by atoms with Crippen molar-refractivity contribution >= 4 is 16.3 Å². The molecule has 0 bridgehead atoms. The molecule has 9 heteroatoms. The number of fused-ring (bicyclic) bond motifs is 1. The molecule has 0 aliphatic carbocycles. The van der Waals surface area contributed by atoms with Gasteiger partial charge in [-0.3, -0.25) is 0 Å². The molecule has 0 aliphatic heterocycles. The summed E-state index contributed by atoms with van der Waals surface area (Å²) in [5, 5.41) is 18.1. The van der Waals surface area contributed by atoms with E-state index in [1.54, 1.807) is 18.7 Å². The van der Waals surface area contributed by atoms with E-state index in [2.05, 4.69) is 15.4 Å². The van der Waals surface area contributed by atoms with Crippen molar-refractivity contribution in [1.82, 2.24) is 25.0 Å². The molecule has 3 aromatic heterocycles. The molecule has 1 aromatic carbocycles. The number of benzene rings is 1. The Hall–Kier alpha value is -2.94. The van der Waals surface area contributed by atoms with Gasteiger partial charge in [0.2, 0.25) is 4.96 Å². The van der Waals surface area contributed by atoms with Crippen LogP contribution in [0.15, 0.2) is 22.7 Å². The molecular formula is C17H17N5O3S. The second kappa shape index (κ2) is 6.41. The lowest BCUT2D eigenvalue weighted by Crippen LogP contribution is -1.95. The van der Waals surface area contributed by atoms with Crippen molar-refractivity contribution in [3.05, 3.63) is 29.7 Å². The van der Waals surface area contributed by atoms with Gasteiger partial charge in [-0.2, -0.15) is 9.61 Å². The SMILES string of the molecule is CCc1noc(C)c1-c1nn2c(-c3ccc(OC)c(OC)c3)nnc2s1. The van der Waals surface area contributed by atoms with E-state index in [-0.39, 0.29) is 0 Å². The summed E-state index contributed by atoms with van der Waals surface area (Å²) < 4.78 is 17.7. The minimum Gasteiger partial charge on any atom is -0.493 e. The zero-order valence-corrected chi connectivity index (χ0v) is 15.6. The summed E-state index contributed by atoms with van der Waals surface area (Å²) in [6.45, 7) is 3.93. The molecule has 4 aromatic rings. The van der Waals surface area contributed by atoms with Gasteiger partial charge in [0.05, 0.1) is 25.5 Å². The first-order valence-electron chi connectivity index (χ1n) is 8.06. The number of ether oxygens (including phenoxy) is 2. The molecule has 0 N–H and O–H groups in total. The van der Waals surface area contributed by atoms with Crippen molar-refractivity contribution in [3.63, 3.8) is 0 Å². The van der Waals surface area contributed by atoms with Gasteiger partial charge in [-0.1, -0.05) is 23.4 Å². The molecule has 3 heterocycles. The average Bonchev–Trinajstić information content (AvgIpc) is 3.34. The topological polar surface area (TPSA) is 87.6 Å². The van der Waals surface area contributed by atoms with E-state index in [1.807, 2.05) is 32.0 Å². The Morgan fingerprint density at radius 1 is 1.15 bits per heavy atom. The maximum absolute atomic E-state index is 5.38. The highest BCUT2D eigenvalue weighted by Gasteiger charge is 2.21. The molecule has 0 radical (unpaired) electrons. The summed E-state index contributed by atoms with van der Waals surface area (Å²) >= 11 is 1.45. The molecule has 0 aliphatic rings. The maximum Gasteiger partial charge on any atom is 0.235 e. The van der Waals surface area contributed by atoms with Gasteiger partial charge in [-0.05, 0) is 31.5 Å². The highest BCUT2D eigenvalue weighted by atomic mass is 32.1. The van der Waals surface area contributed by atoms with Gasteiger partial charge in [0.25, 0.3) is 0 Å². The van der Waals surface area contributed by atoms with Crippen LogP contribution in [0.25, 0.3) is 26.9 Å². The van der Waals surface area contributed by atoms with Crippen LogP contribution in [0.3, 0.4) is 0 Å². The minimum atomic E-state index is 0.625. The van der Waals surface area contributed by atoms with Crippen LogP contribution in [0.1, 0.15) is 18.4 Å². The third-order valence-electron chi connectivity index (χ3n) is 4.11. The number of aromatic nitrogens is 5. The van der Waals surface area contributed by atoms with E-state index in [4.69, 9.17) is 19.1 Å². The van der Waals surface area contributed by atoms with Crippen molar-refractivity contribution in [2.45, 2.75) is 20.3 Å². The molecule has 4 rings (SSSR count). The number of nitrogens with zero attached hydrogens (tertiary/aromatic N) is 5. The lowest BCUT2D eigenvalue weighted by molar-refractivity contribution is 0.355. The van der Waals surface area contributed by atoms with Crippen LogP contribution in [-0.2, 0) is 6.42 Å². The van der Waals surface area contributed by atoms with Crippen LogP contribution >= 0.6 is 11.3 Å². The summed E-state index contributed by atoms with van der Waals surface area (Å²) in [6.07, 6.45) is 0.773. The Kier molecular flexibility index (Phi) is 4.08. The summed E-state index contributed by atoms with van der Waals surface area (Å²) in [4.78, 5) is 0.701. The van der Waals surface area contributed by atoms with E-state index in [9.17, 15) is 0 Å². The predicted molar refractivity (Wildman–Crippen MR) is 96.8 cm³/mol. The van der Waals surface area contributed by atoms with Crippen LogP contribution in [-0.4, -0.2) is 39.2 Å². The van der Waals surface area contributed by atoms with Gasteiger partial charge in [-0.25, -0.2) is 0 Å². The van der Waals surface area contributed by atoms with Crippen molar-refractivity contribution in [2.24, 2.45) is 0 Å². The van der Waals surface area contributed by atoms with E-state index >= 15 is 0 Å². The van der Waals surface area contributed by atoms with E-state index in [0.29, 0.717) is 22.3 Å². The number of hydrogen-bond donors (Lipinski definition) is 0. The smallest absolute Gasteiger partial charge is 0.235 e. The van der Waals surface area contributed by atoms with Gasteiger partial charge >= 0.3 is 0 Å². The van der Waals surface area contributed by atoms with Crippen LogP contribution in [0.5, 0.6) is 11.5 Å². The number of methoxy groups -OCH3 is 2. The molecule has 0 saturated carbocycles. The van der Waals surface area contributed by atoms with Gasteiger partial charge in [0.15, 0.2) is 22.3 Å². The fourth-order valence-corrected chi connectivity index (χ4v) is 3.76. The average molecular weight is 371 g/mol. The predicted octanol–water partition coefficient (Wildman–Crippen LogP) is 3.40. The Labute approximate surface area is 153 Å². The van der Waals surface area contributed by atoms with Crippen LogP contribution in [0.2, 0.25) is 0 Å². The third-order valence-corrected chi connectivity index (χ3v) is 5.03. The molecule has 134 valence electrons. The Morgan fingerprint density at radius 3 is 2.69 bits per heavy atom. The maximum atomic E-state index is 5.38. The Morgan fingerprint density at radius 2 is 1.96 bits per heavy atom. The second-order valence-corrected chi connectivity index (χ2v) is 6.56. The van der Waals surface area contributed by atoms with E-state index in [0.717, 1.165) is 34.0 Å². The fraction of sp³-hybridized carbons (Fsp3) is 0.294. The molecule has 8 nitrogen and oxygen atoms in total. The Bertz CT molecular complexity index is 1080. The van der Waals surface area contributed by atoms with E-state index < -0.39 is 0 Å². The molecule has 0 unspecified atom stereocenters. The van der Waals surface area contributed by atoms with E-state index in [1.165, 1.54) is 11.3 Å². The van der Waals surface area contributed by atoms with Gasteiger partial charge in [0, 0.05) is 5.56 Å². The van der Waals surface area contributed by atoms with Crippen molar-refractivity contribution in [1.29, 1.82) is 0 Å². The summed E-state index contributed by atoms with van der Waals surface area (Å²) in [7, 11) is 3.20. The summed E-state index contributed by atoms with van der Waals surface area (Å²) in [6, 6.07) is 5.59. The highest BCUT2D eigenvalue weighted by Crippen LogP contribution is 2.35. The molecular weight excluding hydrogens is 354 g/mol. The van der Waals surface area contributed by atoms with Gasteiger partial charge in [0.1, 0.15) is 5.76 Å². The molecule has 0 atom stereocenters. The molecule has 0 spiro atoms. The number of hydrogen-bond acceptors (Lipinski definition) is 8. The first kappa shape index (κ1) is 16.5. The molecule has 0 fully saturated rings. The van der Waals surface area contributed by atoms with Crippen molar-refractivity contribution in [2.75, 3.05) is 14.2 Å². The third kappa shape index (κ3) is 2.51. The first-order valence-corrected chi connectivity index (χ1v) is 8.88. The number of aryl methyl sites for hydroxylation is 2. The highest BCUT2D eigenvalue weighted by molar-refractivity contribution is 7.19. The quantitative estimate of drug-likeness (QED) is 0.531. The molecule has 0 saturated heterocycles. The lowest BCUT2D eigenvalue weighted by Gasteiger charge is -2.08. The molecule has 0 amide bonds. The van der Waals surface area contributed by atoms with Gasteiger partial charge in [-0.15, -0.1) is 10.2 Å². The monoisotopic (exact) mass is 371 g/mol. The zero-order valence-electron chi connectivity index (χ0n) is 14.8. The lowest BCUT2D eigenvalue weighted by atomic mass is 10.2. The number of rotatable bonds is 5. The molecule has 26 heavy (non-hydrogen) atoms. The fourth-order valence-electron chi connectivity index (χ4n) is 2.81. The normalized spacial score (nSPS) is 11.2. The second-order valence-electron chi connectivity index (χ2n) is 5.61. The van der Waals surface area contributed by atoms with Gasteiger partial charge < -0.3 is 14.0 Å². The summed E-state index contributed by atoms with van der Waals surface area (Å²) in [5.41, 5.74) is 2.66.